The second kappa shape index (κ2) is 3.64. The summed E-state index contributed by atoms with van der Waals surface area (Å²) in [4.78, 5) is 24.8. The Morgan fingerprint density at radius 2 is 2.12 bits per heavy atom. The minimum absolute atomic E-state index is 0.0186. The van der Waals surface area contributed by atoms with Gasteiger partial charge < -0.3 is 10.1 Å². The van der Waals surface area contributed by atoms with Crippen molar-refractivity contribution in [3.05, 3.63) is 44.7 Å². The standard InChI is InChI=1S/C11H8ClNO3/c1-5-2-3-7-6(4-5)9(12)8(11(15)16)10(14)13-7/h2-4H,1H3,(H,13,14)(H,15,16). The van der Waals surface area contributed by atoms with Gasteiger partial charge >= 0.3 is 5.97 Å². The van der Waals surface area contributed by atoms with Crippen molar-refractivity contribution in [1.82, 2.24) is 4.98 Å². The molecule has 0 saturated carbocycles. The van der Waals surface area contributed by atoms with Gasteiger partial charge in [-0.1, -0.05) is 23.2 Å². The highest BCUT2D eigenvalue weighted by Gasteiger charge is 2.16. The number of rotatable bonds is 1. The number of carbonyl (C=O) groups is 1. The molecule has 5 heteroatoms. The number of carboxylic acid groups (broad SMARTS) is 1. The highest BCUT2D eigenvalue weighted by molar-refractivity contribution is 6.38. The van der Waals surface area contributed by atoms with Crippen molar-refractivity contribution in [2.24, 2.45) is 0 Å². The van der Waals surface area contributed by atoms with Gasteiger partial charge in [-0.25, -0.2) is 4.79 Å². The molecular formula is C11H8ClNO3. The molecule has 0 aliphatic rings. The lowest BCUT2D eigenvalue weighted by atomic mass is 10.1. The molecule has 0 radical (unpaired) electrons. The van der Waals surface area contributed by atoms with E-state index in [1.165, 1.54) is 0 Å². The Morgan fingerprint density at radius 3 is 2.75 bits per heavy atom. The van der Waals surface area contributed by atoms with Gasteiger partial charge in [-0.05, 0) is 19.1 Å². The average molecular weight is 238 g/mol. The van der Waals surface area contributed by atoms with E-state index in [1.807, 2.05) is 13.0 Å². The Kier molecular flexibility index (Phi) is 2.44. The molecule has 0 aliphatic carbocycles. The minimum Gasteiger partial charge on any atom is -0.477 e. The lowest BCUT2D eigenvalue weighted by Gasteiger charge is -2.04. The van der Waals surface area contributed by atoms with Crippen molar-refractivity contribution < 1.29 is 9.90 Å². The molecule has 4 nitrogen and oxygen atoms in total. The second-order valence-electron chi connectivity index (χ2n) is 3.50. The van der Waals surface area contributed by atoms with Crippen LogP contribution in [0.5, 0.6) is 0 Å². The number of hydrogen-bond donors (Lipinski definition) is 2. The maximum absolute atomic E-state index is 11.5. The summed E-state index contributed by atoms with van der Waals surface area (Å²) in [5, 5.41) is 9.39. The van der Waals surface area contributed by atoms with E-state index < -0.39 is 17.1 Å². The smallest absolute Gasteiger partial charge is 0.342 e. The SMILES string of the molecule is Cc1ccc2[nH]c(=O)c(C(=O)O)c(Cl)c2c1. The quantitative estimate of drug-likeness (QED) is 0.799. The minimum atomic E-state index is -1.32. The number of hydrogen-bond acceptors (Lipinski definition) is 2. The molecule has 2 aromatic rings. The van der Waals surface area contributed by atoms with E-state index in [0.717, 1.165) is 5.56 Å². The first kappa shape index (κ1) is 10.7. The van der Waals surface area contributed by atoms with Crippen molar-refractivity contribution in [2.45, 2.75) is 6.92 Å². The molecule has 0 spiro atoms. The fraction of sp³-hybridized carbons (Fsp3) is 0.0909. The molecule has 2 N–H and O–H groups in total. The Hall–Kier alpha value is -1.81. The molecule has 0 fully saturated rings. The van der Waals surface area contributed by atoms with Crippen LogP contribution < -0.4 is 5.56 Å². The number of aryl methyl sites for hydroxylation is 1. The number of aromatic amines is 1. The van der Waals surface area contributed by atoms with E-state index in [4.69, 9.17) is 16.7 Å². The molecule has 1 aromatic carbocycles. The zero-order chi connectivity index (χ0) is 11.9. The highest BCUT2D eigenvalue weighted by atomic mass is 35.5. The van der Waals surface area contributed by atoms with Crippen LogP contribution in [-0.2, 0) is 0 Å². The third kappa shape index (κ3) is 1.57. The summed E-state index contributed by atoms with van der Waals surface area (Å²) >= 11 is 5.91. The highest BCUT2D eigenvalue weighted by Crippen LogP contribution is 2.24. The molecule has 82 valence electrons. The zero-order valence-corrected chi connectivity index (χ0v) is 9.13. The largest absolute Gasteiger partial charge is 0.477 e. The van der Waals surface area contributed by atoms with Gasteiger partial charge in [0.25, 0.3) is 5.56 Å². The second-order valence-corrected chi connectivity index (χ2v) is 3.88. The van der Waals surface area contributed by atoms with Crippen molar-refractivity contribution >= 4 is 28.5 Å². The van der Waals surface area contributed by atoms with Gasteiger partial charge in [0.2, 0.25) is 0 Å². The van der Waals surface area contributed by atoms with E-state index >= 15 is 0 Å². The number of halogens is 1. The monoisotopic (exact) mass is 237 g/mol. The topological polar surface area (TPSA) is 70.2 Å². The summed E-state index contributed by atoms with van der Waals surface area (Å²) in [5.41, 5.74) is 0.372. The molecule has 0 atom stereocenters. The number of H-pyrrole nitrogens is 1. The number of aromatic carboxylic acids is 1. The molecule has 1 aromatic heterocycles. The van der Waals surface area contributed by atoms with Crippen LogP contribution in [0.3, 0.4) is 0 Å². The molecule has 0 amide bonds. The summed E-state index contributed by atoms with van der Waals surface area (Å²) in [6, 6.07) is 5.25. The zero-order valence-electron chi connectivity index (χ0n) is 8.37. The van der Waals surface area contributed by atoms with Gasteiger partial charge in [0, 0.05) is 10.9 Å². The maximum Gasteiger partial charge on any atom is 0.342 e. The number of nitrogens with one attached hydrogen (secondary N) is 1. The van der Waals surface area contributed by atoms with Gasteiger partial charge in [-0.2, -0.15) is 0 Å². The summed E-state index contributed by atoms with van der Waals surface area (Å²) in [5.74, 6) is -1.32. The fourth-order valence-corrected chi connectivity index (χ4v) is 1.88. The van der Waals surface area contributed by atoms with Crippen molar-refractivity contribution in [2.75, 3.05) is 0 Å². The number of aromatic nitrogens is 1. The predicted molar refractivity (Wildman–Crippen MR) is 61.3 cm³/mol. The van der Waals surface area contributed by atoms with Gasteiger partial charge in [0.1, 0.15) is 5.56 Å². The van der Waals surface area contributed by atoms with Crippen LogP contribution in [0.2, 0.25) is 5.02 Å². The Labute approximate surface area is 95.5 Å². The molecule has 0 bridgehead atoms. The summed E-state index contributed by atoms with van der Waals surface area (Å²) in [6.45, 7) is 1.86. The van der Waals surface area contributed by atoms with Crippen LogP contribution >= 0.6 is 11.6 Å². The molecule has 0 aliphatic heterocycles. The summed E-state index contributed by atoms with van der Waals surface area (Å²) < 4.78 is 0. The van der Waals surface area contributed by atoms with Crippen molar-refractivity contribution in [1.29, 1.82) is 0 Å². The van der Waals surface area contributed by atoms with Crippen LogP contribution in [-0.4, -0.2) is 16.1 Å². The van der Waals surface area contributed by atoms with Crippen LogP contribution in [0, 0.1) is 6.92 Å². The molecule has 16 heavy (non-hydrogen) atoms. The molecular weight excluding hydrogens is 230 g/mol. The van der Waals surface area contributed by atoms with E-state index in [1.54, 1.807) is 12.1 Å². The molecule has 0 saturated heterocycles. The number of carboxylic acids is 1. The third-order valence-electron chi connectivity index (χ3n) is 2.32. The summed E-state index contributed by atoms with van der Waals surface area (Å²) in [7, 11) is 0. The van der Waals surface area contributed by atoms with Crippen LogP contribution in [0.25, 0.3) is 10.9 Å². The number of pyridine rings is 1. The van der Waals surface area contributed by atoms with Gasteiger partial charge in [0.05, 0.1) is 5.02 Å². The van der Waals surface area contributed by atoms with E-state index in [2.05, 4.69) is 4.98 Å². The van der Waals surface area contributed by atoms with E-state index in [-0.39, 0.29) is 5.02 Å². The first-order valence-electron chi connectivity index (χ1n) is 4.56. The van der Waals surface area contributed by atoms with Gasteiger partial charge in [0.15, 0.2) is 0 Å². The predicted octanol–water partition coefficient (Wildman–Crippen LogP) is 2.19. The normalized spacial score (nSPS) is 10.6. The molecule has 0 unspecified atom stereocenters. The van der Waals surface area contributed by atoms with Crippen LogP contribution in [0.4, 0.5) is 0 Å². The lowest BCUT2D eigenvalue weighted by molar-refractivity contribution is 0.0695. The number of fused-ring (bicyclic) bond motifs is 1. The first-order chi connectivity index (χ1) is 7.50. The van der Waals surface area contributed by atoms with E-state index in [9.17, 15) is 9.59 Å². The third-order valence-corrected chi connectivity index (χ3v) is 2.71. The van der Waals surface area contributed by atoms with Gasteiger partial charge in [-0.3, -0.25) is 4.79 Å². The maximum atomic E-state index is 11.5. The Bertz CT molecular complexity index is 645. The van der Waals surface area contributed by atoms with Crippen molar-refractivity contribution in [3.8, 4) is 0 Å². The van der Waals surface area contributed by atoms with Crippen molar-refractivity contribution in [3.63, 3.8) is 0 Å². The van der Waals surface area contributed by atoms with Crippen LogP contribution in [0.1, 0.15) is 15.9 Å². The first-order valence-corrected chi connectivity index (χ1v) is 4.94. The lowest BCUT2D eigenvalue weighted by Crippen LogP contribution is -2.18. The molecule has 1 heterocycles. The molecule has 2 rings (SSSR count). The Balaban J connectivity index is 2.96. The summed E-state index contributed by atoms with van der Waals surface area (Å²) in [6.07, 6.45) is 0. The van der Waals surface area contributed by atoms with E-state index in [0.29, 0.717) is 10.9 Å². The fourth-order valence-electron chi connectivity index (χ4n) is 1.56. The average Bonchev–Trinajstić information content (AvgIpc) is 2.19. The van der Waals surface area contributed by atoms with Gasteiger partial charge in [-0.15, -0.1) is 0 Å². The van der Waals surface area contributed by atoms with Crippen LogP contribution in [0.15, 0.2) is 23.0 Å². The number of benzene rings is 1. The Morgan fingerprint density at radius 1 is 1.44 bits per heavy atom.